The van der Waals surface area contributed by atoms with Crippen molar-refractivity contribution in [1.82, 2.24) is 9.21 Å². The Hall–Kier alpha value is -2.01. The largest absolute Gasteiger partial charge is 0.480 e. The summed E-state index contributed by atoms with van der Waals surface area (Å²) >= 11 is 0. The van der Waals surface area contributed by atoms with Gasteiger partial charge in [0.05, 0.1) is 18.1 Å². The third-order valence-electron chi connectivity index (χ3n) is 3.55. The number of benzene rings is 1. The van der Waals surface area contributed by atoms with Crippen LogP contribution in [0.5, 0.6) is 0 Å². The second-order valence-electron chi connectivity index (χ2n) is 5.47. The molecule has 0 saturated carbocycles. The Balaban J connectivity index is 2.99. The molecule has 1 amide bonds. The maximum absolute atomic E-state index is 12.7. The van der Waals surface area contributed by atoms with Crippen LogP contribution in [0.1, 0.15) is 10.4 Å². The maximum Gasteiger partial charge on any atom is 0.323 e. The number of rotatable bonds is 11. The summed E-state index contributed by atoms with van der Waals surface area (Å²) in [5.74, 6) is -1.64. The highest BCUT2D eigenvalue weighted by atomic mass is 32.2. The first-order valence-electron chi connectivity index (χ1n) is 7.79. The molecular weight excluding hydrogens is 364 g/mol. The lowest BCUT2D eigenvalue weighted by molar-refractivity contribution is -0.137. The molecule has 0 unspecified atom stereocenters. The van der Waals surface area contributed by atoms with Gasteiger partial charge in [-0.3, -0.25) is 9.59 Å². The van der Waals surface area contributed by atoms with Crippen LogP contribution in [0.15, 0.2) is 29.2 Å². The van der Waals surface area contributed by atoms with Crippen LogP contribution < -0.4 is 0 Å². The smallest absolute Gasteiger partial charge is 0.323 e. The first-order valence-corrected chi connectivity index (χ1v) is 9.23. The summed E-state index contributed by atoms with van der Waals surface area (Å²) < 4.78 is 36.6. The fourth-order valence-corrected chi connectivity index (χ4v) is 3.56. The molecule has 0 atom stereocenters. The Kier molecular flexibility index (Phi) is 8.66. The number of amides is 1. The normalized spacial score (nSPS) is 11.5. The van der Waals surface area contributed by atoms with Gasteiger partial charge in [-0.25, -0.2) is 8.42 Å². The lowest BCUT2D eigenvalue weighted by atomic mass is 10.2. The van der Waals surface area contributed by atoms with Crippen molar-refractivity contribution in [3.63, 3.8) is 0 Å². The molecule has 0 bridgehead atoms. The van der Waals surface area contributed by atoms with Gasteiger partial charge in [-0.05, 0) is 24.3 Å². The van der Waals surface area contributed by atoms with Crippen molar-refractivity contribution >= 4 is 21.9 Å². The number of hydrogen-bond acceptors (Lipinski definition) is 6. The summed E-state index contributed by atoms with van der Waals surface area (Å²) in [6, 6.07) is 5.37. The minimum Gasteiger partial charge on any atom is -0.480 e. The Morgan fingerprint density at radius 3 is 1.96 bits per heavy atom. The quantitative estimate of drug-likeness (QED) is 0.573. The van der Waals surface area contributed by atoms with Crippen molar-refractivity contribution in [1.29, 1.82) is 0 Å². The number of nitrogens with zero attached hydrogens (tertiary/aromatic N) is 2. The van der Waals surface area contributed by atoms with Crippen molar-refractivity contribution in [3.05, 3.63) is 29.8 Å². The molecule has 0 radical (unpaired) electrons. The van der Waals surface area contributed by atoms with E-state index in [2.05, 4.69) is 0 Å². The predicted molar refractivity (Wildman–Crippen MR) is 93.5 cm³/mol. The van der Waals surface area contributed by atoms with Crippen molar-refractivity contribution in [3.8, 4) is 0 Å². The second kappa shape index (κ2) is 10.2. The highest BCUT2D eigenvalue weighted by Gasteiger charge is 2.24. The highest BCUT2D eigenvalue weighted by molar-refractivity contribution is 7.89. The van der Waals surface area contributed by atoms with Crippen molar-refractivity contribution in [2.24, 2.45) is 0 Å². The van der Waals surface area contributed by atoms with E-state index >= 15 is 0 Å². The van der Waals surface area contributed by atoms with Crippen molar-refractivity contribution in [2.45, 2.75) is 4.90 Å². The number of methoxy groups -OCH3 is 2. The fraction of sp³-hybridized carbons (Fsp3) is 0.500. The third-order valence-corrected chi connectivity index (χ3v) is 5.46. The van der Waals surface area contributed by atoms with Gasteiger partial charge in [-0.1, -0.05) is 0 Å². The number of carboxylic acid groups (broad SMARTS) is 1. The minimum atomic E-state index is -3.77. The molecule has 1 aromatic carbocycles. The SMILES string of the molecule is COCCN(CCOC)S(=O)(=O)c1ccc(C(=O)N(C)CC(=O)O)cc1. The van der Waals surface area contributed by atoms with Gasteiger partial charge in [0.2, 0.25) is 10.0 Å². The molecule has 26 heavy (non-hydrogen) atoms. The Morgan fingerprint density at radius 1 is 1.04 bits per heavy atom. The van der Waals surface area contributed by atoms with E-state index in [1.165, 1.54) is 49.8 Å². The monoisotopic (exact) mass is 388 g/mol. The summed E-state index contributed by atoms with van der Waals surface area (Å²) in [5.41, 5.74) is 0.202. The standard InChI is InChI=1S/C16H24N2O7S/c1-17(12-15(19)20)16(21)13-4-6-14(7-5-13)26(22,23)18(8-10-24-2)9-11-25-3/h4-7H,8-12H2,1-3H3,(H,19,20). The minimum absolute atomic E-state index is 0.0298. The zero-order chi connectivity index (χ0) is 19.7. The summed E-state index contributed by atoms with van der Waals surface area (Å²) in [6.45, 7) is 0.369. The molecule has 0 heterocycles. The van der Waals surface area contributed by atoms with Crippen LogP contribution in [0.25, 0.3) is 0 Å². The van der Waals surface area contributed by atoms with Crippen LogP contribution in [0.2, 0.25) is 0 Å². The van der Waals surface area contributed by atoms with Gasteiger partial charge in [-0.2, -0.15) is 4.31 Å². The Bertz CT molecular complexity index is 696. The van der Waals surface area contributed by atoms with Crippen molar-refractivity contribution in [2.75, 3.05) is 54.1 Å². The Labute approximate surface area is 153 Å². The number of carbonyl (C=O) groups is 2. The lowest BCUT2D eigenvalue weighted by Gasteiger charge is -2.22. The van der Waals surface area contributed by atoms with Gasteiger partial charge in [0.15, 0.2) is 0 Å². The average molecular weight is 388 g/mol. The molecule has 0 aliphatic heterocycles. The molecule has 1 rings (SSSR count). The molecular formula is C16H24N2O7S. The van der Waals surface area contributed by atoms with E-state index in [4.69, 9.17) is 14.6 Å². The molecule has 0 saturated heterocycles. The van der Waals surface area contributed by atoms with E-state index in [1.54, 1.807) is 0 Å². The molecule has 1 aromatic rings. The molecule has 0 spiro atoms. The molecule has 0 aromatic heterocycles. The lowest BCUT2D eigenvalue weighted by Crippen LogP contribution is -2.36. The molecule has 9 nitrogen and oxygen atoms in total. The number of carbonyl (C=O) groups excluding carboxylic acids is 1. The first kappa shape index (κ1) is 22.0. The maximum atomic E-state index is 12.7. The predicted octanol–water partition coefficient (Wildman–Crippen LogP) is 0.127. The number of likely N-dealkylation sites (N-methyl/N-ethyl adjacent to an activating group) is 1. The molecule has 0 aliphatic rings. The zero-order valence-corrected chi connectivity index (χ0v) is 15.9. The first-order chi connectivity index (χ1) is 12.2. The van der Waals surface area contributed by atoms with E-state index in [9.17, 15) is 18.0 Å². The zero-order valence-electron chi connectivity index (χ0n) is 15.0. The highest BCUT2D eigenvalue weighted by Crippen LogP contribution is 2.17. The van der Waals surface area contributed by atoms with E-state index in [0.29, 0.717) is 0 Å². The molecule has 1 N–H and O–H groups in total. The van der Waals surface area contributed by atoms with Crippen LogP contribution in [0.4, 0.5) is 0 Å². The number of ether oxygens (including phenoxy) is 2. The summed E-state index contributed by atoms with van der Waals surface area (Å²) in [5, 5.41) is 8.73. The summed E-state index contributed by atoms with van der Waals surface area (Å²) in [4.78, 5) is 23.9. The Morgan fingerprint density at radius 2 is 1.54 bits per heavy atom. The fourth-order valence-electron chi connectivity index (χ4n) is 2.15. The van der Waals surface area contributed by atoms with Crippen LogP contribution in [-0.2, 0) is 24.3 Å². The van der Waals surface area contributed by atoms with Gasteiger partial charge < -0.3 is 19.5 Å². The van der Waals surface area contributed by atoms with Crippen molar-refractivity contribution < 1.29 is 32.6 Å². The van der Waals surface area contributed by atoms with E-state index in [0.717, 1.165) is 4.90 Å². The second-order valence-corrected chi connectivity index (χ2v) is 7.41. The van der Waals surface area contributed by atoms with Crippen LogP contribution in [0.3, 0.4) is 0 Å². The number of hydrogen-bond donors (Lipinski definition) is 1. The topological polar surface area (TPSA) is 113 Å². The molecule has 0 fully saturated rings. The van der Waals surface area contributed by atoms with Crippen LogP contribution >= 0.6 is 0 Å². The number of sulfonamides is 1. The van der Waals surface area contributed by atoms with Crippen LogP contribution in [0, 0.1) is 0 Å². The van der Waals surface area contributed by atoms with Gasteiger partial charge >= 0.3 is 5.97 Å². The molecule has 0 aliphatic carbocycles. The molecule has 10 heteroatoms. The average Bonchev–Trinajstić information content (AvgIpc) is 2.60. The van der Waals surface area contributed by atoms with Gasteiger partial charge in [-0.15, -0.1) is 0 Å². The van der Waals surface area contributed by atoms with Gasteiger partial charge in [0.1, 0.15) is 6.54 Å². The van der Waals surface area contributed by atoms with Gasteiger partial charge in [0.25, 0.3) is 5.91 Å². The summed E-state index contributed by atoms with van der Waals surface area (Å²) in [6.07, 6.45) is 0. The van der Waals surface area contributed by atoms with Crippen LogP contribution in [-0.4, -0.2) is 88.7 Å². The van der Waals surface area contributed by atoms with E-state index in [-0.39, 0.29) is 36.8 Å². The number of aliphatic carboxylic acids is 1. The third kappa shape index (κ3) is 6.06. The van der Waals surface area contributed by atoms with Gasteiger partial charge in [0, 0.05) is 39.9 Å². The summed E-state index contributed by atoms with van der Waals surface area (Å²) in [7, 11) is 0.549. The number of carboxylic acids is 1. The van der Waals surface area contributed by atoms with E-state index < -0.39 is 28.4 Å². The molecule has 146 valence electrons. The van der Waals surface area contributed by atoms with E-state index in [1.807, 2.05) is 0 Å².